The molecule has 0 saturated carbocycles. The Hall–Kier alpha value is -0.160. The Balaban J connectivity index is 2.57. The molecule has 4 atom stereocenters. The Kier molecular flexibility index (Phi) is 5.69. The molecule has 4 nitrogen and oxygen atoms in total. The average molecular weight is 230 g/mol. The van der Waals surface area contributed by atoms with Crippen LogP contribution in [0.25, 0.3) is 0 Å². The molecular formula is C12H26N2O2. The van der Waals surface area contributed by atoms with Gasteiger partial charge >= 0.3 is 0 Å². The lowest BCUT2D eigenvalue weighted by Gasteiger charge is -2.37. The van der Waals surface area contributed by atoms with Gasteiger partial charge in [0.15, 0.2) is 0 Å². The minimum absolute atomic E-state index is 0.314. The molecule has 0 aromatic rings. The smallest absolute Gasteiger partial charge is 0.0703 e. The maximum Gasteiger partial charge on any atom is 0.0703 e. The molecule has 1 fully saturated rings. The van der Waals surface area contributed by atoms with Gasteiger partial charge in [-0.2, -0.15) is 0 Å². The highest BCUT2D eigenvalue weighted by Gasteiger charge is 2.33. The molecule has 0 radical (unpaired) electrons. The molecule has 0 bridgehead atoms. The van der Waals surface area contributed by atoms with Crippen LogP contribution in [0.5, 0.6) is 0 Å². The number of hydrogen-bond donors (Lipinski definition) is 1. The summed E-state index contributed by atoms with van der Waals surface area (Å²) in [4.78, 5) is 2.38. The SMILES string of the molecule is COCC(C)C(CN)N(C)C1CCOC1C. The van der Waals surface area contributed by atoms with Crippen LogP contribution in [0.2, 0.25) is 0 Å². The van der Waals surface area contributed by atoms with Crippen molar-refractivity contribution in [2.75, 3.05) is 33.9 Å². The van der Waals surface area contributed by atoms with Crippen molar-refractivity contribution in [3.63, 3.8) is 0 Å². The summed E-state index contributed by atoms with van der Waals surface area (Å²) in [7, 11) is 3.89. The zero-order chi connectivity index (χ0) is 12.1. The van der Waals surface area contributed by atoms with Gasteiger partial charge in [0.25, 0.3) is 0 Å². The predicted molar refractivity (Wildman–Crippen MR) is 65.5 cm³/mol. The van der Waals surface area contributed by atoms with Gasteiger partial charge in [-0.05, 0) is 26.3 Å². The second-order valence-corrected chi connectivity index (χ2v) is 4.83. The van der Waals surface area contributed by atoms with E-state index in [0.29, 0.717) is 30.7 Å². The van der Waals surface area contributed by atoms with E-state index in [-0.39, 0.29) is 0 Å². The van der Waals surface area contributed by atoms with E-state index in [1.807, 2.05) is 0 Å². The molecule has 0 aromatic carbocycles. The van der Waals surface area contributed by atoms with E-state index in [1.54, 1.807) is 7.11 Å². The number of nitrogens with zero attached hydrogens (tertiary/aromatic N) is 1. The summed E-state index contributed by atoms with van der Waals surface area (Å²) in [6.45, 7) is 6.63. The molecule has 0 spiro atoms. The van der Waals surface area contributed by atoms with Crippen LogP contribution in [0.3, 0.4) is 0 Å². The molecule has 1 saturated heterocycles. The maximum absolute atomic E-state index is 5.88. The molecule has 4 heteroatoms. The summed E-state index contributed by atoms with van der Waals surface area (Å²) >= 11 is 0. The lowest BCUT2D eigenvalue weighted by molar-refractivity contribution is 0.0397. The first-order valence-corrected chi connectivity index (χ1v) is 6.14. The Morgan fingerprint density at radius 3 is 2.69 bits per heavy atom. The van der Waals surface area contributed by atoms with E-state index < -0.39 is 0 Å². The molecule has 16 heavy (non-hydrogen) atoms. The van der Waals surface area contributed by atoms with E-state index in [2.05, 4.69) is 25.8 Å². The van der Waals surface area contributed by atoms with Gasteiger partial charge in [-0.1, -0.05) is 6.92 Å². The molecule has 96 valence electrons. The van der Waals surface area contributed by atoms with Gasteiger partial charge < -0.3 is 15.2 Å². The van der Waals surface area contributed by atoms with E-state index in [9.17, 15) is 0 Å². The molecule has 1 aliphatic heterocycles. The standard InChI is InChI=1S/C12H26N2O2/c1-9(8-15-4)12(7-13)14(3)11-5-6-16-10(11)2/h9-12H,5-8,13H2,1-4H3. The van der Waals surface area contributed by atoms with Crippen LogP contribution in [0.4, 0.5) is 0 Å². The fraction of sp³-hybridized carbons (Fsp3) is 1.00. The Morgan fingerprint density at radius 2 is 2.25 bits per heavy atom. The van der Waals surface area contributed by atoms with Crippen molar-refractivity contribution in [3.8, 4) is 0 Å². The Morgan fingerprint density at radius 1 is 1.56 bits per heavy atom. The van der Waals surface area contributed by atoms with Gasteiger partial charge in [-0.25, -0.2) is 0 Å². The number of methoxy groups -OCH3 is 1. The maximum atomic E-state index is 5.88. The van der Waals surface area contributed by atoms with Gasteiger partial charge in [-0.15, -0.1) is 0 Å². The molecule has 1 rings (SSSR count). The van der Waals surface area contributed by atoms with Gasteiger partial charge in [-0.3, -0.25) is 4.90 Å². The topological polar surface area (TPSA) is 47.7 Å². The molecule has 4 unspecified atom stereocenters. The van der Waals surface area contributed by atoms with Crippen LogP contribution in [0, 0.1) is 5.92 Å². The van der Waals surface area contributed by atoms with Crippen molar-refractivity contribution in [1.29, 1.82) is 0 Å². The van der Waals surface area contributed by atoms with E-state index >= 15 is 0 Å². The minimum Gasteiger partial charge on any atom is -0.384 e. The zero-order valence-electron chi connectivity index (χ0n) is 11.0. The third kappa shape index (κ3) is 3.17. The van der Waals surface area contributed by atoms with E-state index in [1.165, 1.54) is 0 Å². The second kappa shape index (κ2) is 6.55. The average Bonchev–Trinajstić information content (AvgIpc) is 2.65. The van der Waals surface area contributed by atoms with Crippen LogP contribution < -0.4 is 5.73 Å². The third-order valence-corrected chi connectivity index (χ3v) is 3.71. The highest BCUT2D eigenvalue weighted by molar-refractivity contribution is 4.87. The monoisotopic (exact) mass is 230 g/mol. The minimum atomic E-state index is 0.314. The van der Waals surface area contributed by atoms with Gasteiger partial charge in [0, 0.05) is 32.3 Å². The normalized spacial score (nSPS) is 29.6. The zero-order valence-corrected chi connectivity index (χ0v) is 11.0. The van der Waals surface area contributed by atoms with Crippen molar-refractivity contribution in [2.24, 2.45) is 11.7 Å². The lowest BCUT2D eigenvalue weighted by Crippen LogP contribution is -2.50. The van der Waals surface area contributed by atoms with Gasteiger partial charge in [0.05, 0.1) is 12.7 Å². The first-order chi connectivity index (χ1) is 7.61. The van der Waals surface area contributed by atoms with Crippen molar-refractivity contribution >= 4 is 0 Å². The van der Waals surface area contributed by atoms with Crippen molar-refractivity contribution < 1.29 is 9.47 Å². The number of rotatable bonds is 6. The second-order valence-electron chi connectivity index (χ2n) is 4.83. The number of likely N-dealkylation sites (N-methyl/N-ethyl adjacent to an activating group) is 1. The fourth-order valence-corrected chi connectivity index (χ4v) is 2.68. The number of ether oxygens (including phenoxy) is 2. The molecule has 0 amide bonds. The predicted octanol–water partition coefficient (Wildman–Crippen LogP) is 0.705. The fourth-order valence-electron chi connectivity index (χ4n) is 2.68. The molecule has 1 aliphatic rings. The van der Waals surface area contributed by atoms with Crippen LogP contribution in [-0.4, -0.2) is 57.0 Å². The summed E-state index contributed by atoms with van der Waals surface area (Å²) < 4.78 is 10.8. The van der Waals surface area contributed by atoms with Crippen molar-refractivity contribution in [3.05, 3.63) is 0 Å². The van der Waals surface area contributed by atoms with Gasteiger partial charge in [0.1, 0.15) is 0 Å². The Bertz CT molecular complexity index is 201. The molecular weight excluding hydrogens is 204 g/mol. The quantitative estimate of drug-likeness (QED) is 0.730. The third-order valence-electron chi connectivity index (χ3n) is 3.71. The van der Waals surface area contributed by atoms with Crippen LogP contribution in [0.15, 0.2) is 0 Å². The largest absolute Gasteiger partial charge is 0.384 e. The lowest BCUT2D eigenvalue weighted by atomic mass is 9.98. The summed E-state index contributed by atoms with van der Waals surface area (Å²) in [5.41, 5.74) is 5.88. The van der Waals surface area contributed by atoms with Crippen molar-refractivity contribution in [1.82, 2.24) is 4.90 Å². The molecule has 2 N–H and O–H groups in total. The molecule has 1 heterocycles. The first-order valence-electron chi connectivity index (χ1n) is 6.14. The summed E-state index contributed by atoms with van der Waals surface area (Å²) in [5.74, 6) is 0.452. The molecule has 0 aliphatic carbocycles. The van der Waals surface area contributed by atoms with Crippen molar-refractivity contribution in [2.45, 2.75) is 38.5 Å². The molecule has 0 aromatic heterocycles. The van der Waals surface area contributed by atoms with Crippen LogP contribution in [0.1, 0.15) is 20.3 Å². The summed E-state index contributed by atoms with van der Waals surface area (Å²) in [6, 6.07) is 0.863. The number of nitrogens with two attached hydrogens (primary N) is 1. The summed E-state index contributed by atoms with van der Waals surface area (Å²) in [6.07, 6.45) is 1.42. The summed E-state index contributed by atoms with van der Waals surface area (Å²) in [5, 5.41) is 0. The van der Waals surface area contributed by atoms with Crippen LogP contribution >= 0.6 is 0 Å². The Labute approximate surface area is 99.1 Å². The highest BCUT2D eigenvalue weighted by atomic mass is 16.5. The van der Waals surface area contributed by atoms with Gasteiger partial charge in [0.2, 0.25) is 0 Å². The van der Waals surface area contributed by atoms with E-state index in [4.69, 9.17) is 15.2 Å². The van der Waals surface area contributed by atoms with Crippen LogP contribution in [-0.2, 0) is 9.47 Å². The highest BCUT2D eigenvalue weighted by Crippen LogP contribution is 2.22. The van der Waals surface area contributed by atoms with E-state index in [0.717, 1.165) is 19.6 Å². The number of hydrogen-bond acceptors (Lipinski definition) is 4. The first kappa shape index (κ1) is 13.9.